The Hall–Kier alpha value is -1.32. The highest BCUT2D eigenvalue weighted by Crippen LogP contribution is 2.70. The van der Waals surface area contributed by atoms with Crippen molar-refractivity contribution in [1.29, 1.82) is 0 Å². The first-order valence-corrected chi connectivity index (χ1v) is 16.9. The summed E-state index contributed by atoms with van der Waals surface area (Å²) in [6, 6.07) is 0. The predicted octanol–water partition coefficient (Wildman–Crippen LogP) is 5.98. The number of nitrogens with zero attached hydrogens (tertiary/aromatic N) is 1. The molecular formula is C32H41NO5S2. The van der Waals surface area contributed by atoms with Crippen molar-refractivity contribution in [1.82, 2.24) is 4.98 Å². The summed E-state index contributed by atoms with van der Waals surface area (Å²) in [7, 11) is 0. The van der Waals surface area contributed by atoms with Gasteiger partial charge in [0.25, 0.3) is 0 Å². The van der Waals surface area contributed by atoms with Crippen molar-refractivity contribution >= 4 is 34.7 Å². The molecule has 0 spiro atoms. The molecule has 1 N–H and O–H groups in total. The molecule has 4 saturated carbocycles. The van der Waals surface area contributed by atoms with Gasteiger partial charge in [-0.25, -0.2) is 4.98 Å². The fraction of sp³-hybridized carbons (Fsp3) is 0.719. The van der Waals surface area contributed by atoms with Crippen molar-refractivity contribution in [2.24, 2.45) is 34.5 Å². The van der Waals surface area contributed by atoms with Crippen LogP contribution in [0.1, 0.15) is 75.8 Å². The molecule has 0 aromatic carbocycles. The predicted molar refractivity (Wildman–Crippen MR) is 155 cm³/mol. The average molecular weight is 584 g/mol. The fourth-order valence-corrected chi connectivity index (χ4v) is 11.9. The quantitative estimate of drug-likeness (QED) is 0.427. The maximum Gasteiger partial charge on any atom is 0.178 e. The van der Waals surface area contributed by atoms with Crippen LogP contribution in [0.15, 0.2) is 28.1 Å². The monoisotopic (exact) mass is 583 g/mol. The zero-order chi connectivity index (χ0) is 28.0. The molecule has 9 atom stereocenters. The molecule has 6 aliphatic rings. The Balaban J connectivity index is 1.24. The molecule has 5 fully saturated rings. The summed E-state index contributed by atoms with van der Waals surface area (Å²) < 4.78 is 14.7. The second-order valence-electron chi connectivity index (χ2n) is 13.7. The summed E-state index contributed by atoms with van der Waals surface area (Å²) in [6.07, 6.45) is 11.9. The van der Waals surface area contributed by atoms with E-state index < -0.39 is 17.1 Å². The number of Topliss-reactive ketones (excluding diaryl/α,β-unsaturated/α-hetero) is 1. The van der Waals surface area contributed by atoms with Gasteiger partial charge in [0, 0.05) is 27.5 Å². The van der Waals surface area contributed by atoms with Gasteiger partial charge >= 0.3 is 0 Å². The standard InChI is InChI=1S/C32H41NO5S2/c1-17-18(2)40-29(33-17)39-16-25(36)32-26(37-28(38-32)19-7-5-6-8-19)14-23-22-10-9-20-13-21(34)11-12-30(20,3)27(22)24(35)15-31(23,32)4/h11-13,19,22-24,26-28,35H,5-10,14-16H2,1-4H3/t22?,23?,24-,26+,27?,28?,30?,31?,32+/m0/s1. The molecule has 1 aromatic rings. The van der Waals surface area contributed by atoms with E-state index in [1.165, 1.54) is 29.5 Å². The number of aliphatic hydroxyl groups excluding tert-OH is 1. The topological polar surface area (TPSA) is 85.7 Å². The van der Waals surface area contributed by atoms with E-state index in [0.29, 0.717) is 18.1 Å². The molecule has 6 nitrogen and oxygen atoms in total. The molecular weight excluding hydrogens is 542 g/mol. The molecule has 1 aromatic heterocycles. The number of rotatable bonds is 5. The first kappa shape index (κ1) is 27.5. The summed E-state index contributed by atoms with van der Waals surface area (Å²) in [5.41, 5.74) is 0.248. The van der Waals surface area contributed by atoms with E-state index in [4.69, 9.17) is 9.47 Å². The second-order valence-corrected chi connectivity index (χ2v) is 16.1. The number of aryl methyl sites for hydroxylation is 2. The molecule has 0 radical (unpaired) electrons. The molecule has 7 rings (SSSR count). The molecule has 1 saturated heterocycles. The first-order chi connectivity index (χ1) is 19.1. The van der Waals surface area contributed by atoms with Crippen molar-refractivity contribution in [2.45, 2.75) is 108 Å². The molecule has 216 valence electrons. The number of ketones is 2. The van der Waals surface area contributed by atoms with Crippen LogP contribution in [-0.2, 0) is 19.1 Å². The van der Waals surface area contributed by atoms with Gasteiger partial charge in [0.15, 0.2) is 27.8 Å². The highest BCUT2D eigenvalue weighted by molar-refractivity contribution is 8.01. The summed E-state index contributed by atoms with van der Waals surface area (Å²) in [4.78, 5) is 32.6. The minimum absolute atomic E-state index is 0.0159. The normalized spacial score (nSPS) is 44.2. The van der Waals surface area contributed by atoms with Gasteiger partial charge < -0.3 is 14.6 Å². The van der Waals surface area contributed by atoms with Crippen molar-refractivity contribution in [3.8, 4) is 0 Å². The van der Waals surface area contributed by atoms with Crippen LogP contribution in [0.25, 0.3) is 0 Å². The number of hydrogen-bond donors (Lipinski definition) is 1. The fourth-order valence-electron chi connectivity index (χ4n) is 9.77. The molecule has 40 heavy (non-hydrogen) atoms. The molecule has 2 heterocycles. The highest BCUT2D eigenvalue weighted by atomic mass is 32.2. The number of carbonyl (C=O) groups excluding carboxylic acids is 2. The van der Waals surface area contributed by atoms with Crippen LogP contribution in [0.4, 0.5) is 0 Å². The van der Waals surface area contributed by atoms with E-state index in [0.717, 1.165) is 47.7 Å². The Bertz CT molecular complexity index is 1280. The Morgan fingerprint density at radius 3 is 2.73 bits per heavy atom. The summed E-state index contributed by atoms with van der Waals surface area (Å²) >= 11 is 3.16. The Morgan fingerprint density at radius 1 is 1.23 bits per heavy atom. The van der Waals surface area contributed by atoms with Crippen molar-refractivity contribution in [3.63, 3.8) is 0 Å². The van der Waals surface area contributed by atoms with E-state index >= 15 is 0 Å². The van der Waals surface area contributed by atoms with E-state index in [-0.39, 0.29) is 47.1 Å². The minimum Gasteiger partial charge on any atom is -0.393 e. The maximum atomic E-state index is 14.5. The van der Waals surface area contributed by atoms with Gasteiger partial charge in [-0.05, 0) is 76.4 Å². The second kappa shape index (κ2) is 9.60. The summed E-state index contributed by atoms with van der Waals surface area (Å²) in [6.45, 7) is 8.49. The van der Waals surface area contributed by atoms with Crippen molar-refractivity contribution in [2.75, 3.05) is 5.75 Å². The third-order valence-electron chi connectivity index (χ3n) is 11.8. The lowest BCUT2D eigenvalue weighted by molar-refractivity contribution is -0.205. The number of thioether (sulfide) groups is 1. The first-order valence-electron chi connectivity index (χ1n) is 15.1. The van der Waals surface area contributed by atoms with Crippen molar-refractivity contribution < 1.29 is 24.2 Å². The third-order valence-corrected chi connectivity index (χ3v) is 14.0. The van der Waals surface area contributed by atoms with Gasteiger partial charge in [0.05, 0.1) is 23.7 Å². The molecule has 6 unspecified atom stereocenters. The van der Waals surface area contributed by atoms with Gasteiger partial charge in [-0.2, -0.15) is 0 Å². The molecule has 0 bridgehead atoms. The maximum absolute atomic E-state index is 14.5. The smallest absolute Gasteiger partial charge is 0.178 e. The number of allylic oxidation sites excluding steroid dienone is 4. The number of thiazole rings is 1. The SMILES string of the molecule is Cc1nc(SCC(=O)[C@@]23OC(C4CCCC4)O[C@@H]2CC2C4CCC5=CC(=O)C=CC5(C)C4[C@@H](O)CC23C)sc1C. The van der Waals surface area contributed by atoms with E-state index in [2.05, 4.69) is 25.8 Å². The molecule has 1 aliphatic heterocycles. The largest absolute Gasteiger partial charge is 0.393 e. The lowest BCUT2D eigenvalue weighted by Crippen LogP contribution is -2.63. The zero-order valence-electron chi connectivity index (χ0n) is 24.0. The molecule has 8 heteroatoms. The average Bonchev–Trinajstić information content (AvgIpc) is 3.67. The number of ether oxygens (including phenoxy) is 2. The van der Waals surface area contributed by atoms with Crippen LogP contribution in [0.5, 0.6) is 0 Å². The Labute approximate surface area is 245 Å². The Morgan fingerprint density at radius 2 is 2.00 bits per heavy atom. The van der Waals surface area contributed by atoms with E-state index in [1.807, 2.05) is 13.0 Å². The van der Waals surface area contributed by atoms with Crippen molar-refractivity contribution in [3.05, 3.63) is 34.4 Å². The number of aromatic nitrogens is 1. The van der Waals surface area contributed by atoms with E-state index in [9.17, 15) is 14.7 Å². The number of carbonyl (C=O) groups is 2. The number of fused-ring (bicyclic) bond motifs is 7. The summed E-state index contributed by atoms with van der Waals surface area (Å²) in [5, 5.41) is 12.0. The van der Waals surface area contributed by atoms with Crippen LogP contribution in [0.3, 0.4) is 0 Å². The summed E-state index contributed by atoms with van der Waals surface area (Å²) in [5.74, 6) is 1.23. The number of aliphatic hydroxyl groups is 1. The van der Waals surface area contributed by atoms with Crippen LogP contribution in [0.2, 0.25) is 0 Å². The van der Waals surface area contributed by atoms with Gasteiger partial charge in [-0.3, -0.25) is 9.59 Å². The Kier molecular flexibility index (Phi) is 6.60. The molecule has 0 amide bonds. The lowest BCUT2D eigenvalue weighted by Gasteiger charge is -2.59. The van der Waals surface area contributed by atoms with Crippen LogP contribution in [0, 0.1) is 48.3 Å². The van der Waals surface area contributed by atoms with E-state index in [1.54, 1.807) is 23.5 Å². The lowest BCUT2D eigenvalue weighted by atomic mass is 9.46. The van der Waals surface area contributed by atoms with Crippen LogP contribution < -0.4 is 0 Å². The van der Waals surface area contributed by atoms with Crippen LogP contribution >= 0.6 is 23.1 Å². The highest BCUT2D eigenvalue weighted by Gasteiger charge is 2.76. The third kappa shape index (κ3) is 3.81. The van der Waals surface area contributed by atoms with Crippen LogP contribution in [-0.4, -0.2) is 51.5 Å². The minimum atomic E-state index is -1.05. The zero-order valence-corrected chi connectivity index (χ0v) is 25.6. The van der Waals surface area contributed by atoms with Gasteiger partial charge in [0.1, 0.15) is 0 Å². The van der Waals surface area contributed by atoms with Gasteiger partial charge in [-0.15, -0.1) is 11.3 Å². The molecule has 5 aliphatic carbocycles. The van der Waals surface area contributed by atoms with Gasteiger partial charge in [-0.1, -0.05) is 50.1 Å². The number of hydrogen-bond acceptors (Lipinski definition) is 8. The van der Waals surface area contributed by atoms with Gasteiger partial charge in [0.2, 0.25) is 0 Å².